The molecule has 0 aliphatic heterocycles. The average Bonchev–Trinajstić information content (AvgIpc) is 2.54. The molecule has 0 amide bonds. The van der Waals surface area contributed by atoms with Crippen LogP contribution in [0.4, 0.5) is 0 Å². The van der Waals surface area contributed by atoms with Gasteiger partial charge in [-0.3, -0.25) is 4.99 Å². The lowest BCUT2D eigenvalue weighted by Crippen LogP contribution is -2.33. The molecule has 1 aromatic carbocycles. The van der Waals surface area contributed by atoms with Gasteiger partial charge in [-0.15, -0.1) is 24.0 Å². The largest absolute Gasteiger partial charge is 0.379 e. The minimum Gasteiger partial charge on any atom is -0.379 e. The molecule has 0 radical (unpaired) electrons. The van der Waals surface area contributed by atoms with Gasteiger partial charge in [0.25, 0.3) is 0 Å². The molecule has 0 heterocycles. The van der Waals surface area contributed by atoms with Crippen molar-refractivity contribution in [3.05, 3.63) is 35.9 Å². The minimum absolute atomic E-state index is 0. The number of rotatable bonds is 12. The van der Waals surface area contributed by atoms with E-state index in [9.17, 15) is 0 Å². The lowest BCUT2D eigenvalue weighted by atomic mass is 10.1. The summed E-state index contributed by atoms with van der Waals surface area (Å²) in [6.07, 6.45) is 1.97. The van der Waals surface area contributed by atoms with Gasteiger partial charge in [0.2, 0.25) is 0 Å². The number of nitrogens with zero attached hydrogens (tertiary/aromatic N) is 1. The molecule has 3 N–H and O–H groups in total. The summed E-state index contributed by atoms with van der Waals surface area (Å²) in [6.45, 7) is 8.47. The Bertz CT molecular complexity index is 428. The summed E-state index contributed by atoms with van der Waals surface area (Å²) in [7, 11) is 0. The fraction of sp³-hybridized carbons (Fsp3) is 0.611. The van der Waals surface area contributed by atoms with Crippen LogP contribution in [0.15, 0.2) is 35.3 Å². The molecule has 6 heteroatoms. The first kappa shape index (κ1) is 23.1. The summed E-state index contributed by atoms with van der Waals surface area (Å²) < 4.78 is 11.1. The predicted molar refractivity (Wildman–Crippen MR) is 111 cm³/mol. The van der Waals surface area contributed by atoms with Crippen molar-refractivity contribution in [3.63, 3.8) is 0 Å². The second kappa shape index (κ2) is 15.7. The highest BCUT2D eigenvalue weighted by atomic mass is 127. The zero-order chi connectivity index (χ0) is 16.8. The summed E-state index contributed by atoms with van der Waals surface area (Å²) in [4.78, 5) is 4.27. The number of ether oxygens (including phenoxy) is 2. The molecule has 0 saturated heterocycles. The van der Waals surface area contributed by atoms with E-state index in [1.54, 1.807) is 0 Å². The Morgan fingerprint density at radius 1 is 1.12 bits per heavy atom. The van der Waals surface area contributed by atoms with Crippen molar-refractivity contribution in [2.24, 2.45) is 16.6 Å². The van der Waals surface area contributed by atoms with Crippen molar-refractivity contribution in [1.82, 2.24) is 5.32 Å². The van der Waals surface area contributed by atoms with Crippen LogP contribution >= 0.6 is 24.0 Å². The molecule has 0 spiro atoms. The third-order valence-electron chi connectivity index (χ3n) is 3.24. The van der Waals surface area contributed by atoms with Gasteiger partial charge in [0.05, 0.1) is 19.8 Å². The quantitative estimate of drug-likeness (QED) is 0.223. The predicted octanol–water partition coefficient (Wildman–Crippen LogP) is 3.18. The molecule has 0 unspecified atom stereocenters. The number of hydrogen-bond acceptors (Lipinski definition) is 3. The van der Waals surface area contributed by atoms with Crippen molar-refractivity contribution in [2.45, 2.75) is 33.3 Å². The smallest absolute Gasteiger partial charge is 0.188 e. The molecule has 1 rings (SSSR count). The third kappa shape index (κ3) is 13.6. The molecule has 0 aromatic heterocycles. The first-order valence-corrected chi connectivity index (χ1v) is 8.41. The van der Waals surface area contributed by atoms with Crippen LogP contribution in [0.3, 0.4) is 0 Å². The second-order valence-corrected chi connectivity index (χ2v) is 5.88. The topological polar surface area (TPSA) is 68.9 Å². The van der Waals surface area contributed by atoms with Crippen molar-refractivity contribution in [3.8, 4) is 0 Å². The summed E-state index contributed by atoms with van der Waals surface area (Å²) in [5, 5.41) is 3.12. The first-order chi connectivity index (χ1) is 11.2. The number of aliphatic imine (C=N–C) groups is 1. The van der Waals surface area contributed by atoms with Crippen LogP contribution in [0.1, 0.15) is 32.3 Å². The van der Waals surface area contributed by atoms with Crippen LogP contribution in [0.5, 0.6) is 0 Å². The Kier molecular flexibility index (Phi) is 15.1. The molecule has 1 aromatic rings. The van der Waals surface area contributed by atoms with Crippen LogP contribution < -0.4 is 11.1 Å². The van der Waals surface area contributed by atoms with Gasteiger partial charge in [-0.1, -0.05) is 44.2 Å². The molecule has 0 aliphatic carbocycles. The van der Waals surface area contributed by atoms with E-state index < -0.39 is 0 Å². The summed E-state index contributed by atoms with van der Waals surface area (Å²) in [6, 6.07) is 10.1. The Morgan fingerprint density at radius 3 is 2.54 bits per heavy atom. The molecule has 0 atom stereocenters. The Hall–Kier alpha value is -0.860. The van der Waals surface area contributed by atoms with Crippen molar-refractivity contribution >= 4 is 29.9 Å². The van der Waals surface area contributed by atoms with Crippen molar-refractivity contribution in [2.75, 3.05) is 32.9 Å². The van der Waals surface area contributed by atoms with Gasteiger partial charge in [0, 0.05) is 19.7 Å². The maximum absolute atomic E-state index is 5.77. The van der Waals surface area contributed by atoms with Gasteiger partial charge in [0.1, 0.15) is 0 Å². The third-order valence-corrected chi connectivity index (χ3v) is 3.24. The molecule has 0 saturated carbocycles. The van der Waals surface area contributed by atoms with E-state index in [4.69, 9.17) is 15.2 Å². The Balaban J connectivity index is 0.00000529. The molecule has 5 nitrogen and oxygen atoms in total. The highest BCUT2D eigenvalue weighted by Gasteiger charge is 1.96. The van der Waals surface area contributed by atoms with Gasteiger partial charge in [-0.25, -0.2) is 0 Å². The molecule has 0 fully saturated rings. The lowest BCUT2D eigenvalue weighted by molar-refractivity contribution is 0.0403. The summed E-state index contributed by atoms with van der Waals surface area (Å²) in [5.74, 6) is 1.20. The van der Waals surface area contributed by atoms with Gasteiger partial charge in [0.15, 0.2) is 5.96 Å². The first-order valence-electron chi connectivity index (χ1n) is 8.41. The zero-order valence-electron chi connectivity index (χ0n) is 14.9. The van der Waals surface area contributed by atoms with E-state index in [1.165, 1.54) is 5.56 Å². The monoisotopic (exact) mass is 449 g/mol. The second-order valence-electron chi connectivity index (χ2n) is 5.88. The maximum atomic E-state index is 5.77. The van der Waals surface area contributed by atoms with E-state index in [-0.39, 0.29) is 24.0 Å². The van der Waals surface area contributed by atoms with Gasteiger partial charge in [-0.05, 0) is 24.3 Å². The van der Waals surface area contributed by atoms with E-state index in [0.29, 0.717) is 44.8 Å². The molecular weight excluding hydrogens is 417 g/mol. The van der Waals surface area contributed by atoms with E-state index in [0.717, 1.165) is 19.4 Å². The molecule has 24 heavy (non-hydrogen) atoms. The number of halogens is 1. The van der Waals surface area contributed by atoms with Crippen LogP contribution in [-0.4, -0.2) is 38.9 Å². The van der Waals surface area contributed by atoms with Crippen LogP contribution in [0.2, 0.25) is 0 Å². The van der Waals surface area contributed by atoms with Crippen LogP contribution in [0, 0.1) is 5.92 Å². The number of hydrogen-bond donors (Lipinski definition) is 2. The summed E-state index contributed by atoms with van der Waals surface area (Å²) >= 11 is 0. The molecular formula is C18H32IN3O2. The number of nitrogens with one attached hydrogen (secondary N) is 1. The zero-order valence-corrected chi connectivity index (χ0v) is 17.2. The number of benzene rings is 1. The van der Waals surface area contributed by atoms with E-state index in [2.05, 4.69) is 36.3 Å². The van der Waals surface area contributed by atoms with Crippen LogP contribution in [-0.2, 0) is 16.1 Å². The van der Waals surface area contributed by atoms with E-state index in [1.807, 2.05) is 18.2 Å². The van der Waals surface area contributed by atoms with E-state index >= 15 is 0 Å². The Labute approximate surface area is 163 Å². The van der Waals surface area contributed by atoms with Gasteiger partial charge < -0.3 is 20.5 Å². The van der Waals surface area contributed by atoms with Gasteiger partial charge >= 0.3 is 0 Å². The lowest BCUT2D eigenvalue weighted by Gasteiger charge is -2.07. The minimum atomic E-state index is 0. The maximum Gasteiger partial charge on any atom is 0.188 e. The normalized spacial score (nSPS) is 11.4. The van der Waals surface area contributed by atoms with Crippen molar-refractivity contribution < 1.29 is 9.47 Å². The Morgan fingerprint density at radius 2 is 1.83 bits per heavy atom. The fourth-order valence-electron chi connectivity index (χ4n) is 1.90. The number of guanidine groups is 1. The average molecular weight is 449 g/mol. The molecule has 138 valence electrons. The van der Waals surface area contributed by atoms with Gasteiger partial charge in [-0.2, -0.15) is 0 Å². The summed E-state index contributed by atoms with van der Waals surface area (Å²) in [5.41, 5.74) is 6.96. The van der Waals surface area contributed by atoms with Crippen LogP contribution in [0.25, 0.3) is 0 Å². The highest BCUT2D eigenvalue weighted by Crippen LogP contribution is 2.00. The standard InChI is InChI=1S/C18H31N3O2.HI/c1-16(2)9-11-21-18(19)20-10-6-12-22-13-14-23-15-17-7-4-3-5-8-17;/h3-5,7-8,16H,6,9-15H2,1-2H3,(H3,19,20,21);1H. The number of nitrogens with two attached hydrogens (primary N) is 1. The highest BCUT2D eigenvalue weighted by molar-refractivity contribution is 14.0. The SMILES string of the molecule is CC(C)CCNC(N)=NCCCOCCOCc1ccccc1.I. The van der Waals surface area contributed by atoms with Crippen molar-refractivity contribution in [1.29, 1.82) is 0 Å². The fourth-order valence-corrected chi connectivity index (χ4v) is 1.90. The molecule has 0 aliphatic rings. The molecule has 0 bridgehead atoms.